The molecule has 2 unspecified atom stereocenters. The molecular formula is C12H17NO4. The minimum Gasteiger partial charge on any atom is -0.508 e. The van der Waals surface area contributed by atoms with Crippen molar-refractivity contribution in [3.05, 3.63) is 23.8 Å². The first-order valence-electron chi connectivity index (χ1n) is 5.31. The molecule has 0 heterocycles. The number of esters is 1. The van der Waals surface area contributed by atoms with E-state index in [1.165, 1.54) is 25.3 Å². The van der Waals surface area contributed by atoms with Gasteiger partial charge in [0.05, 0.1) is 7.11 Å². The van der Waals surface area contributed by atoms with Crippen LogP contribution in [0.2, 0.25) is 0 Å². The van der Waals surface area contributed by atoms with Crippen molar-refractivity contribution in [2.75, 3.05) is 7.11 Å². The number of hydrogen-bond acceptors (Lipinski definition) is 5. The minimum atomic E-state index is -0.459. The van der Waals surface area contributed by atoms with Gasteiger partial charge >= 0.3 is 5.97 Å². The maximum Gasteiger partial charge on any atom is 0.322 e. The Hall–Kier alpha value is -1.75. The number of carbonyl (C=O) groups excluding carboxylic acids is 1. The van der Waals surface area contributed by atoms with Crippen molar-refractivity contribution in [1.29, 1.82) is 0 Å². The Morgan fingerprint density at radius 2 is 1.76 bits per heavy atom. The second-order valence-electron chi connectivity index (χ2n) is 3.92. The van der Waals surface area contributed by atoms with Crippen LogP contribution in [0.4, 0.5) is 0 Å². The van der Waals surface area contributed by atoms with E-state index in [9.17, 15) is 15.0 Å². The van der Waals surface area contributed by atoms with Gasteiger partial charge in [-0.3, -0.25) is 10.1 Å². The molecule has 5 nitrogen and oxygen atoms in total. The number of methoxy groups -OCH3 is 1. The highest BCUT2D eigenvalue weighted by atomic mass is 16.5. The molecule has 94 valence electrons. The minimum absolute atomic E-state index is 0.0145. The average Bonchev–Trinajstić information content (AvgIpc) is 2.26. The van der Waals surface area contributed by atoms with Gasteiger partial charge in [0.25, 0.3) is 0 Å². The molecule has 0 amide bonds. The second kappa shape index (κ2) is 5.54. The first-order chi connectivity index (χ1) is 7.93. The molecule has 0 aliphatic heterocycles. The Morgan fingerprint density at radius 1 is 1.24 bits per heavy atom. The van der Waals surface area contributed by atoms with Crippen LogP contribution in [0.5, 0.6) is 11.5 Å². The fourth-order valence-corrected chi connectivity index (χ4v) is 1.58. The third-order valence-corrected chi connectivity index (χ3v) is 2.48. The molecule has 0 aliphatic rings. The molecule has 1 aromatic rings. The van der Waals surface area contributed by atoms with Crippen molar-refractivity contribution in [2.45, 2.75) is 25.9 Å². The van der Waals surface area contributed by atoms with Crippen molar-refractivity contribution in [2.24, 2.45) is 0 Å². The lowest BCUT2D eigenvalue weighted by atomic mass is 10.1. The summed E-state index contributed by atoms with van der Waals surface area (Å²) in [6.07, 6.45) is 0. The third-order valence-electron chi connectivity index (χ3n) is 2.48. The Bertz CT molecular complexity index is 385. The van der Waals surface area contributed by atoms with E-state index < -0.39 is 6.04 Å². The highest BCUT2D eigenvalue weighted by Crippen LogP contribution is 2.24. The van der Waals surface area contributed by atoms with Crippen LogP contribution in [-0.4, -0.2) is 29.3 Å². The Balaban J connectivity index is 2.75. The first-order valence-corrected chi connectivity index (χ1v) is 5.31. The van der Waals surface area contributed by atoms with Gasteiger partial charge in [0.1, 0.15) is 17.5 Å². The Labute approximate surface area is 100 Å². The maximum atomic E-state index is 11.2. The number of phenols is 2. The summed E-state index contributed by atoms with van der Waals surface area (Å²) in [5.74, 6) is -0.389. The fourth-order valence-electron chi connectivity index (χ4n) is 1.58. The lowest BCUT2D eigenvalue weighted by molar-refractivity contribution is -0.142. The first kappa shape index (κ1) is 13.3. The van der Waals surface area contributed by atoms with Gasteiger partial charge in [-0.15, -0.1) is 0 Å². The van der Waals surface area contributed by atoms with E-state index in [1.807, 2.05) is 6.92 Å². The quantitative estimate of drug-likeness (QED) is 0.690. The van der Waals surface area contributed by atoms with E-state index in [0.717, 1.165) is 0 Å². The van der Waals surface area contributed by atoms with Gasteiger partial charge in [0, 0.05) is 12.1 Å². The highest BCUT2D eigenvalue weighted by Gasteiger charge is 2.17. The number of rotatable bonds is 4. The predicted octanol–water partition coefficient (Wildman–Crippen LogP) is 1.31. The van der Waals surface area contributed by atoms with Gasteiger partial charge in [-0.2, -0.15) is 0 Å². The van der Waals surface area contributed by atoms with Crippen molar-refractivity contribution in [1.82, 2.24) is 5.32 Å². The third kappa shape index (κ3) is 3.64. The van der Waals surface area contributed by atoms with E-state index in [0.29, 0.717) is 5.56 Å². The van der Waals surface area contributed by atoms with Crippen molar-refractivity contribution < 1.29 is 19.7 Å². The molecule has 1 aromatic carbocycles. The summed E-state index contributed by atoms with van der Waals surface area (Å²) >= 11 is 0. The van der Waals surface area contributed by atoms with Crippen LogP contribution in [0.1, 0.15) is 25.5 Å². The standard InChI is InChI=1S/C12H17NO4/c1-7(13-8(2)12(16)17-3)9-4-10(14)6-11(15)5-9/h4-8,13-15H,1-3H3. The van der Waals surface area contributed by atoms with Gasteiger partial charge in [0.15, 0.2) is 0 Å². The molecule has 0 spiro atoms. The summed E-state index contributed by atoms with van der Waals surface area (Å²) in [4.78, 5) is 11.2. The molecule has 3 N–H and O–H groups in total. The normalized spacial score (nSPS) is 14.1. The smallest absolute Gasteiger partial charge is 0.322 e. The molecule has 0 aliphatic carbocycles. The van der Waals surface area contributed by atoms with E-state index >= 15 is 0 Å². The molecule has 2 atom stereocenters. The number of carbonyl (C=O) groups is 1. The highest BCUT2D eigenvalue weighted by molar-refractivity contribution is 5.75. The average molecular weight is 239 g/mol. The van der Waals surface area contributed by atoms with Crippen molar-refractivity contribution in [3.63, 3.8) is 0 Å². The van der Waals surface area contributed by atoms with Crippen molar-refractivity contribution >= 4 is 5.97 Å². The zero-order chi connectivity index (χ0) is 13.0. The van der Waals surface area contributed by atoms with Crippen LogP contribution in [0.3, 0.4) is 0 Å². The van der Waals surface area contributed by atoms with E-state index in [1.54, 1.807) is 6.92 Å². The topological polar surface area (TPSA) is 78.8 Å². The van der Waals surface area contributed by atoms with Gasteiger partial charge in [-0.05, 0) is 31.5 Å². The number of ether oxygens (including phenoxy) is 1. The fraction of sp³-hybridized carbons (Fsp3) is 0.417. The maximum absolute atomic E-state index is 11.2. The van der Waals surface area contributed by atoms with Crippen LogP contribution < -0.4 is 5.32 Å². The summed E-state index contributed by atoms with van der Waals surface area (Å²) in [6, 6.07) is 3.66. The zero-order valence-corrected chi connectivity index (χ0v) is 10.1. The number of nitrogens with one attached hydrogen (secondary N) is 1. The second-order valence-corrected chi connectivity index (χ2v) is 3.92. The Kier molecular flexibility index (Phi) is 4.34. The molecule has 0 radical (unpaired) electrons. The molecule has 5 heteroatoms. The molecule has 0 saturated heterocycles. The molecule has 1 rings (SSSR count). The molecule has 0 saturated carbocycles. The summed E-state index contributed by atoms with van der Waals surface area (Å²) in [7, 11) is 1.32. The van der Waals surface area contributed by atoms with E-state index in [4.69, 9.17) is 0 Å². The molecular weight excluding hydrogens is 222 g/mol. The number of aromatic hydroxyl groups is 2. The van der Waals surface area contributed by atoms with Crippen LogP contribution in [0.25, 0.3) is 0 Å². The molecule has 0 aromatic heterocycles. The lowest BCUT2D eigenvalue weighted by Crippen LogP contribution is -2.36. The summed E-state index contributed by atoms with van der Waals surface area (Å²) in [6.45, 7) is 3.51. The lowest BCUT2D eigenvalue weighted by Gasteiger charge is -2.19. The number of benzene rings is 1. The van der Waals surface area contributed by atoms with Crippen LogP contribution in [0.15, 0.2) is 18.2 Å². The van der Waals surface area contributed by atoms with Crippen molar-refractivity contribution in [3.8, 4) is 11.5 Å². The molecule has 17 heavy (non-hydrogen) atoms. The molecule has 0 bridgehead atoms. The number of phenolic OH excluding ortho intramolecular Hbond substituents is 2. The summed E-state index contributed by atoms with van der Waals surface area (Å²) < 4.78 is 4.60. The Morgan fingerprint density at radius 3 is 2.24 bits per heavy atom. The summed E-state index contributed by atoms with van der Waals surface area (Å²) in [5, 5.41) is 21.7. The predicted molar refractivity (Wildman–Crippen MR) is 62.8 cm³/mol. The van der Waals surface area contributed by atoms with Crippen LogP contribution >= 0.6 is 0 Å². The zero-order valence-electron chi connectivity index (χ0n) is 10.1. The van der Waals surface area contributed by atoms with Gasteiger partial charge in [0.2, 0.25) is 0 Å². The number of hydrogen-bond donors (Lipinski definition) is 3. The van der Waals surface area contributed by atoms with Gasteiger partial charge in [-0.25, -0.2) is 0 Å². The van der Waals surface area contributed by atoms with E-state index in [2.05, 4.69) is 10.1 Å². The van der Waals surface area contributed by atoms with Crippen LogP contribution in [0, 0.1) is 0 Å². The largest absolute Gasteiger partial charge is 0.508 e. The SMILES string of the molecule is COC(=O)C(C)NC(C)c1cc(O)cc(O)c1. The summed E-state index contributed by atoms with van der Waals surface area (Å²) in [5.41, 5.74) is 0.693. The molecule has 0 fully saturated rings. The monoisotopic (exact) mass is 239 g/mol. The van der Waals surface area contributed by atoms with Gasteiger partial charge in [-0.1, -0.05) is 0 Å². The van der Waals surface area contributed by atoms with Gasteiger partial charge < -0.3 is 14.9 Å². The van der Waals surface area contributed by atoms with E-state index in [-0.39, 0.29) is 23.5 Å². The van der Waals surface area contributed by atoms with Crippen LogP contribution in [-0.2, 0) is 9.53 Å².